The predicted molar refractivity (Wildman–Crippen MR) is 84.6 cm³/mol. The number of nitrogens with one attached hydrogen (secondary N) is 2. The molecule has 0 spiro atoms. The second kappa shape index (κ2) is 5.69. The first-order valence-electron chi connectivity index (χ1n) is 6.72. The van der Waals surface area contributed by atoms with E-state index in [9.17, 15) is 9.59 Å². The van der Waals surface area contributed by atoms with Crippen molar-refractivity contribution in [2.75, 3.05) is 10.6 Å². The Morgan fingerprint density at radius 1 is 1.27 bits per heavy atom. The minimum atomic E-state index is -0.531. The maximum absolute atomic E-state index is 12.2. The van der Waals surface area contributed by atoms with Gasteiger partial charge in [-0.1, -0.05) is 23.7 Å². The van der Waals surface area contributed by atoms with Crippen LogP contribution in [0.15, 0.2) is 42.5 Å². The molecule has 0 saturated heterocycles. The summed E-state index contributed by atoms with van der Waals surface area (Å²) >= 11 is 6.00. The van der Waals surface area contributed by atoms with Gasteiger partial charge in [-0.2, -0.15) is 0 Å². The summed E-state index contributed by atoms with van der Waals surface area (Å²) in [5, 5.41) is 5.86. The van der Waals surface area contributed by atoms with Crippen molar-refractivity contribution in [2.45, 2.75) is 13.0 Å². The first-order chi connectivity index (χ1) is 10.5. The van der Waals surface area contributed by atoms with E-state index in [1.54, 1.807) is 49.4 Å². The van der Waals surface area contributed by atoms with Crippen molar-refractivity contribution in [3.05, 3.63) is 53.1 Å². The minimum absolute atomic E-state index is 0.220. The van der Waals surface area contributed by atoms with E-state index in [0.717, 1.165) is 0 Å². The zero-order valence-electron chi connectivity index (χ0n) is 11.7. The molecule has 5 nitrogen and oxygen atoms in total. The van der Waals surface area contributed by atoms with Crippen molar-refractivity contribution < 1.29 is 14.3 Å². The van der Waals surface area contributed by atoms with Gasteiger partial charge in [0.15, 0.2) is 6.10 Å². The van der Waals surface area contributed by atoms with Crippen molar-refractivity contribution in [1.29, 1.82) is 0 Å². The Bertz CT molecular complexity index is 761. The highest BCUT2D eigenvalue weighted by Crippen LogP contribution is 2.32. The Morgan fingerprint density at radius 3 is 2.82 bits per heavy atom. The number of ether oxygens (including phenoxy) is 1. The lowest BCUT2D eigenvalue weighted by atomic mass is 10.2. The maximum atomic E-state index is 12.2. The summed E-state index contributed by atoms with van der Waals surface area (Å²) in [5.74, 6) is 0.0342. The van der Waals surface area contributed by atoms with E-state index in [0.29, 0.717) is 27.7 Å². The number of amides is 2. The van der Waals surface area contributed by atoms with Crippen LogP contribution in [0.5, 0.6) is 5.75 Å². The van der Waals surface area contributed by atoms with Gasteiger partial charge in [-0.3, -0.25) is 9.59 Å². The third kappa shape index (κ3) is 2.76. The molecule has 1 aliphatic heterocycles. The second-order valence-electron chi connectivity index (χ2n) is 4.89. The van der Waals surface area contributed by atoms with Gasteiger partial charge in [0.05, 0.1) is 16.3 Å². The van der Waals surface area contributed by atoms with Crippen LogP contribution in [0, 0.1) is 0 Å². The van der Waals surface area contributed by atoms with Crippen molar-refractivity contribution in [1.82, 2.24) is 0 Å². The molecule has 1 atom stereocenters. The highest BCUT2D eigenvalue weighted by Gasteiger charge is 2.23. The molecule has 1 aliphatic rings. The largest absolute Gasteiger partial charge is 0.479 e. The molecule has 112 valence electrons. The van der Waals surface area contributed by atoms with Crippen LogP contribution in [0.25, 0.3) is 0 Å². The number of hydrogen-bond acceptors (Lipinski definition) is 3. The molecule has 6 heteroatoms. The Hall–Kier alpha value is -2.53. The molecule has 0 saturated carbocycles. The monoisotopic (exact) mass is 316 g/mol. The number of benzene rings is 2. The molecule has 2 aromatic carbocycles. The predicted octanol–water partition coefficient (Wildman–Crippen LogP) is 3.31. The summed E-state index contributed by atoms with van der Waals surface area (Å²) in [6, 6.07) is 11.8. The molecule has 3 rings (SSSR count). The molecule has 2 amide bonds. The fourth-order valence-electron chi connectivity index (χ4n) is 2.13. The van der Waals surface area contributed by atoms with Crippen LogP contribution in [0.3, 0.4) is 0 Å². The SMILES string of the molecule is C[C@@H]1Oc2ccc(NC(=O)c3ccccc3Cl)cc2NC1=O. The van der Waals surface area contributed by atoms with Gasteiger partial charge in [-0.05, 0) is 37.3 Å². The van der Waals surface area contributed by atoms with E-state index in [-0.39, 0.29) is 11.8 Å². The fraction of sp³-hybridized carbons (Fsp3) is 0.125. The number of halogens is 1. The van der Waals surface area contributed by atoms with Gasteiger partial charge in [-0.25, -0.2) is 0 Å². The Kier molecular flexibility index (Phi) is 3.73. The van der Waals surface area contributed by atoms with E-state index in [1.807, 2.05) is 0 Å². The van der Waals surface area contributed by atoms with E-state index >= 15 is 0 Å². The molecule has 0 aliphatic carbocycles. The van der Waals surface area contributed by atoms with Gasteiger partial charge in [-0.15, -0.1) is 0 Å². The average molecular weight is 317 g/mol. The lowest BCUT2D eigenvalue weighted by molar-refractivity contribution is -0.122. The summed E-state index contributed by atoms with van der Waals surface area (Å²) in [6.07, 6.45) is -0.531. The van der Waals surface area contributed by atoms with Crippen LogP contribution in [0.2, 0.25) is 5.02 Å². The molecule has 2 N–H and O–H groups in total. The van der Waals surface area contributed by atoms with Gasteiger partial charge < -0.3 is 15.4 Å². The van der Waals surface area contributed by atoms with Crippen LogP contribution >= 0.6 is 11.6 Å². The number of carbonyl (C=O) groups is 2. The van der Waals surface area contributed by atoms with E-state index in [4.69, 9.17) is 16.3 Å². The standard InChI is InChI=1S/C16H13ClN2O3/c1-9-15(20)19-13-8-10(6-7-14(13)22-9)18-16(21)11-4-2-3-5-12(11)17/h2-9H,1H3,(H,18,21)(H,19,20)/t9-/m0/s1. The number of rotatable bonds is 2. The topological polar surface area (TPSA) is 67.4 Å². The molecule has 0 aromatic heterocycles. The molecule has 22 heavy (non-hydrogen) atoms. The number of carbonyl (C=O) groups excluding carboxylic acids is 2. The van der Waals surface area contributed by atoms with Gasteiger partial charge in [0, 0.05) is 5.69 Å². The lowest BCUT2D eigenvalue weighted by Gasteiger charge is -2.23. The van der Waals surface area contributed by atoms with Gasteiger partial charge >= 0.3 is 0 Å². The third-order valence-electron chi connectivity index (χ3n) is 3.29. The molecule has 0 bridgehead atoms. The van der Waals surface area contributed by atoms with Crippen LogP contribution in [-0.2, 0) is 4.79 Å². The molecular weight excluding hydrogens is 304 g/mol. The highest BCUT2D eigenvalue weighted by molar-refractivity contribution is 6.34. The van der Waals surface area contributed by atoms with E-state index < -0.39 is 6.10 Å². The van der Waals surface area contributed by atoms with Crippen molar-refractivity contribution >= 4 is 34.8 Å². The summed E-state index contributed by atoms with van der Waals surface area (Å²) < 4.78 is 5.46. The Balaban J connectivity index is 1.82. The normalized spacial score (nSPS) is 16.3. The van der Waals surface area contributed by atoms with Crippen molar-refractivity contribution in [3.63, 3.8) is 0 Å². The van der Waals surface area contributed by atoms with Gasteiger partial charge in [0.1, 0.15) is 5.75 Å². The zero-order chi connectivity index (χ0) is 15.7. The zero-order valence-corrected chi connectivity index (χ0v) is 12.5. The Labute approximate surface area is 132 Å². The maximum Gasteiger partial charge on any atom is 0.265 e. The smallest absolute Gasteiger partial charge is 0.265 e. The van der Waals surface area contributed by atoms with Gasteiger partial charge in [0.25, 0.3) is 11.8 Å². The first-order valence-corrected chi connectivity index (χ1v) is 7.10. The van der Waals surface area contributed by atoms with Crippen LogP contribution < -0.4 is 15.4 Å². The average Bonchev–Trinajstić information content (AvgIpc) is 2.49. The summed E-state index contributed by atoms with van der Waals surface area (Å²) in [4.78, 5) is 23.8. The third-order valence-corrected chi connectivity index (χ3v) is 3.62. The number of anilines is 2. The second-order valence-corrected chi connectivity index (χ2v) is 5.30. The van der Waals surface area contributed by atoms with E-state index in [1.165, 1.54) is 0 Å². The summed E-state index contributed by atoms with van der Waals surface area (Å²) in [5.41, 5.74) is 1.46. The highest BCUT2D eigenvalue weighted by atomic mass is 35.5. The van der Waals surface area contributed by atoms with Crippen molar-refractivity contribution in [2.24, 2.45) is 0 Å². The summed E-state index contributed by atoms with van der Waals surface area (Å²) in [6.45, 7) is 1.67. The first kappa shape index (κ1) is 14.4. The molecule has 2 aromatic rings. The minimum Gasteiger partial charge on any atom is -0.479 e. The number of hydrogen-bond donors (Lipinski definition) is 2. The van der Waals surface area contributed by atoms with Crippen LogP contribution in [0.1, 0.15) is 17.3 Å². The Morgan fingerprint density at radius 2 is 2.05 bits per heavy atom. The quantitative estimate of drug-likeness (QED) is 0.893. The molecule has 1 heterocycles. The molecule has 0 radical (unpaired) electrons. The van der Waals surface area contributed by atoms with Crippen LogP contribution in [0.4, 0.5) is 11.4 Å². The lowest BCUT2D eigenvalue weighted by Crippen LogP contribution is -2.34. The fourth-order valence-corrected chi connectivity index (χ4v) is 2.35. The van der Waals surface area contributed by atoms with Gasteiger partial charge in [0.2, 0.25) is 0 Å². The van der Waals surface area contributed by atoms with Crippen molar-refractivity contribution in [3.8, 4) is 5.75 Å². The molecule has 0 unspecified atom stereocenters. The summed E-state index contributed by atoms with van der Waals surface area (Å²) in [7, 11) is 0. The molecular formula is C16H13ClN2O3. The van der Waals surface area contributed by atoms with E-state index in [2.05, 4.69) is 10.6 Å². The number of fused-ring (bicyclic) bond motifs is 1. The van der Waals surface area contributed by atoms with Crippen LogP contribution in [-0.4, -0.2) is 17.9 Å². The molecule has 0 fully saturated rings.